The van der Waals surface area contributed by atoms with Gasteiger partial charge in [0.15, 0.2) is 6.04 Å². The first-order valence-corrected chi connectivity index (χ1v) is 9.32. The van der Waals surface area contributed by atoms with Crippen molar-refractivity contribution in [3.63, 3.8) is 0 Å². The number of quaternary nitrogens is 2. The zero-order chi connectivity index (χ0) is 18.4. The summed E-state index contributed by atoms with van der Waals surface area (Å²) in [4.78, 5) is 15.6. The predicted molar refractivity (Wildman–Crippen MR) is 103 cm³/mol. The monoisotopic (exact) mass is 355 g/mol. The maximum Gasteiger partial charge on any atom is 0.282 e. The molecule has 5 heteroatoms. The predicted octanol–water partition coefficient (Wildman–Crippen LogP) is 0.00580. The van der Waals surface area contributed by atoms with E-state index in [-0.39, 0.29) is 11.9 Å². The molecule has 3 rings (SSSR count). The van der Waals surface area contributed by atoms with Crippen molar-refractivity contribution in [2.45, 2.75) is 19.5 Å². The molecular weight excluding hydrogens is 326 g/mol. The van der Waals surface area contributed by atoms with Crippen molar-refractivity contribution in [3.05, 3.63) is 60.2 Å². The average molecular weight is 355 g/mol. The maximum absolute atomic E-state index is 12.6. The lowest BCUT2D eigenvalue weighted by atomic mass is 10.1. The molecule has 1 aliphatic heterocycles. The fraction of sp³-hybridized carbons (Fsp3) is 0.381. The second kappa shape index (κ2) is 8.83. The molecule has 0 saturated carbocycles. The molecule has 1 atom stereocenters. The number of carbonyl (C=O) groups excluding carboxylic acids is 1. The van der Waals surface area contributed by atoms with Crippen molar-refractivity contribution in [2.24, 2.45) is 0 Å². The van der Waals surface area contributed by atoms with Gasteiger partial charge in [-0.15, -0.1) is 0 Å². The van der Waals surface area contributed by atoms with E-state index in [1.165, 1.54) is 10.5 Å². The lowest BCUT2D eigenvalue weighted by Gasteiger charge is -2.32. The first-order chi connectivity index (χ1) is 12.7. The summed E-state index contributed by atoms with van der Waals surface area (Å²) in [6.45, 7) is 7.33. The van der Waals surface area contributed by atoms with Crippen LogP contribution in [0.3, 0.4) is 0 Å². The van der Waals surface area contributed by atoms with E-state index in [4.69, 9.17) is 4.74 Å². The number of rotatable bonds is 6. The van der Waals surface area contributed by atoms with Crippen LogP contribution in [0.1, 0.15) is 12.5 Å². The van der Waals surface area contributed by atoms with Crippen LogP contribution in [0.15, 0.2) is 54.6 Å². The first-order valence-electron chi connectivity index (χ1n) is 9.32. The molecule has 2 aromatic rings. The zero-order valence-corrected chi connectivity index (χ0v) is 15.6. The highest BCUT2D eigenvalue weighted by Crippen LogP contribution is 2.16. The molecule has 2 aromatic carbocycles. The molecule has 1 fully saturated rings. The summed E-state index contributed by atoms with van der Waals surface area (Å²) in [5.41, 5.74) is 2.17. The highest BCUT2D eigenvalue weighted by molar-refractivity contribution is 5.93. The Morgan fingerprint density at radius 3 is 2.50 bits per heavy atom. The van der Waals surface area contributed by atoms with Gasteiger partial charge in [0.1, 0.15) is 38.5 Å². The summed E-state index contributed by atoms with van der Waals surface area (Å²) >= 11 is 0. The van der Waals surface area contributed by atoms with Gasteiger partial charge in [-0.25, -0.2) is 0 Å². The molecule has 3 N–H and O–H groups in total. The summed E-state index contributed by atoms with van der Waals surface area (Å²) in [7, 11) is 1.63. The van der Waals surface area contributed by atoms with Gasteiger partial charge in [0.2, 0.25) is 0 Å². The van der Waals surface area contributed by atoms with Crippen molar-refractivity contribution in [1.82, 2.24) is 0 Å². The van der Waals surface area contributed by atoms with E-state index < -0.39 is 0 Å². The molecule has 0 aliphatic carbocycles. The van der Waals surface area contributed by atoms with Gasteiger partial charge in [-0.1, -0.05) is 36.4 Å². The van der Waals surface area contributed by atoms with E-state index in [1.54, 1.807) is 12.0 Å². The van der Waals surface area contributed by atoms with Gasteiger partial charge < -0.3 is 19.9 Å². The Hall–Kier alpha value is -2.37. The van der Waals surface area contributed by atoms with Crippen LogP contribution in [0, 0.1) is 0 Å². The minimum Gasteiger partial charge on any atom is -0.497 e. The molecule has 26 heavy (non-hydrogen) atoms. The van der Waals surface area contributed by atoms with E-state index in [9.17, 15) is 4.79 Å². The highest BCUT2D eigenvalue weighted by Gasteiger charge is 2.31. The van der Waals surface area contributed by atoms with Crippen LogP contribution < -0.4 is 19.9 Å². The molecular formula is C21H29N3O2+2. The molecule has 0 unspecified atom stereocenters. The van der Waals surface area contributed by atoms with Gasteiger partial charge in [-0.3, -0.25) is 4.79 Å². The molecule has 0 aromatic heterocycles. The Morgan fingerprint density at radius 1 is 1.08 bits per heavy atom. The van der Waals surface area contributed by atoms with Crippen molar-refractivity contribution in [2.75, 3.05) is 38.6 Å². The Balaban J connectivity index is 1.49. The SMILES string of the molecule is COc1cccc(NC(=O)[C@@H](C)[NH+]2CC[NH+](Cc3ccccc3)CC2)c1. The van der Waals surface area contributed by atoms with E-state index >= 15 is 0 Å². The zero-order valence-electron chi connectivity index (χ0n) is 15.6. The van der Waals surface area contributed by atoms with Crippen LogP contribution in [0.5, 0.6) is 5.75 Å². The average Bonchev–Trinajstić information content (AvgIpc) is 2.69. The first kappa shape index (κ1) is 18.4. The fourth-order valence-corrected chi connectivity index (χ4v) is 3.56. The quantitative estimate of drug-likeness (QED) is 0.684. The van der Waals surface area contributed by atoms with Gasteiger partial charge in [0, 0.05) is 17.3 Å². The Kier molecular flexibility index (Phi) is 6.26. The minimum absolute atomic E-state index is 0.0560. The number of carbonyl (C=O) groups is 1. The number of methoxy groups -OCH3 is 1. The normalized spacial score (nSPS) is 21.0. The second-order valence-corrected chi connectivity index (χ2v) is 7.01. The Bertz CT molecular complexity index is 712. The second-order valence-electron chi connectivity index (χ2n) is 7.01. The molecule has 1 heterocycles. The molecule has 1 amide bonds. The van der Waals surface area contributed by atoms with Crippen molar-refractivity contribution in [1.29, 1.82) is 0 Å². The van der Waals surface area contributed by atoms with Crippen LogP contribution in [-0.4, -0.2) is 45.2 Å². The lowest BCUT2D eigenvalue weighted by molar-refractivity contribution is -1.02. The number of anilines is 1. The number of benzene rings is 2. The largest absolute Gasteiger partial charge is 0.497 e. The topological polar surface area (TPSA) is 47.2 Å². The number of hydrogen-bond acceptors (Lipinski definition) is 2. The fourth-order valence-electron chi connectivity index (χ4n) is 3.56. The molecule has 0 radical (unpaired) electrons. The van der Waals surface area contributed by atoms with Crippen molar-refractivity contribution < 1.29 is 19.3 Å². The Labute approximate surface area is 155 Å². The number of piperazine rings is 1. The van der Waals surface area contributed by atoms with Crippen LogP contribution in [0.2, 0.25) is 0 Å². The summed E-state index contributed by atoms with van der Waals surface area (Å²) in [5.74, 6) is 0.820. The van der Waals surface area contributed by atoms with Gasteiger partial charge in [0.05, 0.1) is 7.11 Å². The van der Waals surface area contributed by atoms with Crippen molar-refractivity contribution >= 4 is 11.6 Å². The number of hydrogen-bond donors (Lipinski definition) is 3. The molecule has 1 saturated heterocycles. The van der Waals surface area contributed by atoms with E-state index in [1.807, 2.05) is 31.2 Å². The maximum atomic E-state index is 12.6. The third kappa shape index (κ3) is 4.84. The third-order valence-corrected chi connectivity index (χ3v) is 5.24. The van der Waals surface area contributed by atoms with E-state index in [0.29, 0.717) is 0 Å². The minimum atomic E-state index is -0.0560. The van der Waals surface area contributed by atoms with Crippen LogP contribution in [-0.2, 0) is 11.3 Å². The van der Waals surface area contributed by atoms with Crippen LogP contribution in [0.25, 0.3) is 0 Å². The summed E-state index contributed by atoms with van der Waals surface area (Å²) in [6.07, 6.45) is 0. The molecule has 1 aliphatic rings. The van der Waals surface area contributed by atoms with Gasteiger partial charge >= 0.3 is 0 Å². The number of ether oxygens (including phenoxy) is 1. The lowest BCUT2D eigenvalue weighted by Crippen LogP contribution is -3.29. The summed E-state index contributed by atoms with van der Waals surface area (Å²) in [6, 6.07) is 18.1. The highest BCUT2D eigenvalue weighted by atomic mass is 16.5. The standard InChI is InChI=1S/C21H27N3O2/c1-17(21(25)22-19-9-6-10-20(15-19)26-2)24-13-11-23(12-14-24)16-18-7-4-3-5-8-18/h3-10,15,17H,11-14,16H2,1-2H3,(H,22,25)/p+2/t17-/m1/s1. The van der Waals surface area contributed by atoms with Crippen molar-refractivity contribution in [3.8, 4) is 5.75 Å². The van der Waals surface area contributed by atoms with Gasteiger partial charge in [-0.05, 0) is 19.1 Å². The summed E-state index contributed by atoms with van der Waals surface area (Å²) < 4.78 is 5.21. The molecule has 5 nitrogen and oxygen atoms in total. The number of amides is 1. The molecule has 0 spiro atoms. The number of nitrogens with one attached hydrogen (secondary N) is 3. The molecule has 138 valence electrons. The van der Waals surface area contributed by atoms with Crippen LogP contribution in [0.4, 0.5) is 5.69 Å². The van der Waals surface area contributed by atoms with Crippen LogP contribution >= 0.6 is 0 Å². The van der Waals surface area contributed by atoms with E-state index in [0.717, 1.165) is 44.2 Å². The van der Waals surface area contributed by atoms with Gasteiger partial charge in [-0.2, -0.15) is 0 Å². The van der Waals surface area contributed by atoms with Gasteiger partial charge in [0.25, 0.3) is 5.91 Å². The Morgan fingerprint density at radius 2 is 1.81 bits per heavy atom. The molecule has 0 bridgehead atoms. The smallest absolute Gasteiger partial charge is 0.282 e. The third-order valence-electron chi connectivity index (χ3n) is 5.24. The van der Waals surface area contributed by atoms with E-state index in [2.05, 4.69) is 35.6 Å². The summed E-state index contributed by atoms with van der Waals surface area (Å²) in [5, 5.41) is 3.02.